The molecule has 1 aromatic heterocycles. The van der Waals surface area contributed by atoms with Gasteiger partial charge in [-0.2, -0.15) is 0 Å². The van der Waals surface area contributed by atoms with Crippen molar-refractivity contribution in [2.45, 2.75) is 13.8 Å². The summed E-state index contributed by atoms with van der Waals surface area (Å²) in [5.74, 6) is -0.516. The van der Waals surface area contributed by atoms with Crippen molar-refractivity contribution in [3.8, 4) is 0 Å². The van der Waals surface area contributed by atoms with Crippen molar-refractivity contribution in [2.24, 2.45) is 5.92 Å². The van der Waals surface area contributed by atoms with Gasteiger partial charge in [0.05, 0.1) is 5.69 Å². The molecule has 0 fully saturated rings. The molecule has 0 aliphatic heterocycles. The molecule has 5 heteroatoms. The molecule has 0 aliphatic rings. The Bertz CT molecular complexity index is 419. The number of aromatic nitrogens is 1. The summed E-state index contributed by atoms with van der Waals surface area (Å²) in [4.78, 5) is 19.4. The van der Waals surface area contributed by atoms with Crippen molar-refractivity contribution < 1.29 is 9.90 Å². The minimum Gasteiger partial charge on any atom is -0.476 e. The fraction of sp³-hybridized carbons (Fsp3) is 0.571. The quantitative estimate of drug-likeness (QED) is 0.814. The predicted octanol–water partition coefficient (Wildman–Crippen LogP) is 1.80. The number of hydrogen-bond donors (Lipinski definition) is 1. The maximum Gasteiger partial charge on any atom is 0.356 e. The number of nitrogens with zero attached hydrogens (tertiary/aromatic N) is 3. The van der Waals surface area contributed by atoms with Crippen LogP contribution in [0.25, 0.3) is 0 Å². The van der Waals surface area contributed by atoms with E-state index in [4.69, 9.17) is 0 Å². The lowest BCUT2D eigenvalue weighted by atomic mass is 10.1. The van der Waals surface area contributed by atoms with Crippen molar-refractivity contribution >= 4 is 11.7 Å². The molecule has 0 amide bonds. The fourth-order valence-electron chi connectivity index (χ4n) is 1.89. The van der Waals surface area contributed by atoms with Crippen molar-refractivity contribution in [2.75, 3.05) is 38.6 Å². The van der Waals surface area contributed by atoms with Crippen LogP contribution < -0.4 is 4.90 Å². The van der Waals surface area contributed by atoms with Crippen LogP contribution in [-0.2, 0) is 0 Å². The standard InChI is InChI=1S/C14H23N3O2/c1-11(2)10-17(9-8-16(3)4)12-6-5-7-15-13(12)14(18)19/h5-7,11H,8-10H2,1-4H3,(H,18,19). The van der Waals surface area contributed by atoms with E-state index in [0.29, 0.717) is 11.6 Å². The number of likely N-dealkylation sites (N-methyl/N-ethyl adjacent to an activating group) is 1. The first kappa shape index (κ1) is 15.4. The normalized spacial score (nSPS) is 11.1. The molecule has 1 heterocycles. The van der Waals surface area contributed by atoms with E-state index in [1.165, 1.54) is 6.20 Å². The molecule has 0 unspecified atom stereocenters. The van der Waals surface area contributed by atoms with E-state index >= 15 is 0 Å². The summed E-state index contributed by atoms with van der Waals surface area (Å²) < 4.78 is 0. The molecule has 0 aromatic carbocycles. The zero-order chi connectivity index (χ0) is 14.4. The largest absolute Gasteiger partial charge is 0.476 e. The first-order chi connectivity index (χ1) is 8.91. The van der Waals surface area contributed by atoms with Crippen LogP contribution in [0.15, 0.2) is 18.3 Å². The maximum atomic E-state index is 11.3. The van der Waals surface area contributed by atoms with Crippen molar-refractivity contribution in [1.29, 1.82) is 0 Å². The Morgan fingerprint density at radius 2 is 2.05 bits per heavy atom. The zero-order valence-electron chi connectivity index (χ0n) is 12.1. The average molecular weight is 265 g/mol. The van der Waals surface area contributed by atoms with E-state index in [1.54, 1.807) is 6.07 Å². The summed E-state index contributed by atoms with van der Waals surface area (Å²) in [7, 11) is 4.02. The minimum atomic E-state index is -0.978. The van der Waals surface area contributed by atoms with Gasteiger partial charge >= 0.3 is 5.97 Å². The summed E-state index contributed by atoms with van der Waals surface area (Å²) >= 11 is 0. The van der Waals surface area contributed by atoms with Crippen LogP contribution in [0.3, 0.4) is 0 Å². The number of carboxylic acids is 1. The monoisotopic (exact) mass is 265 g/mol. The lowest BCUT2D eigenvalue weighted by molar-refractivity contribution is 0.0691. The molecular weight excluding hydrogens is 242 g/mol. The molecule has 1 rings (SSSR count). The van der Waals surface area contributed by atoms with Gasteiger partial charge in [-0.05, 0) is 32.1 Å². The topological polar surface area (TPSA) is 56.7 Å². The van der Waals surface area contributed by atoms with Gasteiger partial charge in [0.15, 0.2) is 5.69 Å². The van der Waals surface area contributed by atoms with Gasteiger partial charge in [-0.3, -0.25) is 0 Å². The molecule has 0 spiro atoms. The maximum absolute atomic E-state index is 11.3. The Hall–Kier alpha value is -1.62. The second-order valence-corrected chi connectivity index (χ2v) is 5.32. The van der Waals surface area contributed by atoms with E-state index in [9.17, 15) is 9.90 Å². The van der Waals surface area contributed by atoms with E-state index in [-0.39, 0.29) is 5.69 Å². The van der Waals surface area contributed by atoms with Crippen LogP contribution in [0.1, 0.15) is 24.3 Å². The van der Waals surface area contributed by atoms with Crippen LogP contribution in [0.2, 0.25) is 0 Å². The highest BCUT2D eigenvalue weighted by Gasteiger charge is 2.17. The third-order valence-corrected chi connectivity index (χ3v) is 2.73. The fourth-order valence-corrected chi connectivity index (χ4v) is 1.89. The first-order valence-electron chi connectivity index (χ1n) is 6.49. The van der Waals surface area contributed by atoms with Gasteiger partial charge in [-0.15, -0.1) is 0 Å². The van der Waals surface area contributed by atoms with Gasteiger partial charge < -0.3 is 14.9 Å². The van der Waals surface area contributed by atoms with E-state index in [2.05, 4.69) is 28.6 Å². The first-order valence-corrected chi connectivity index (χ1v) is 6.49. The minimum absolute atomic E-state index is 0.127. The zero-order valence-corrected chi connectivity index (χ0v) is 12.1. The van der Waals surface area contributed by atoms with Crippen molar-refractivity contribution in [3.63, 3.8) is 0 Å². The van der Waals surface area contributed by atoms with Gasteiger partial charge in [0.25, 0.3) is 0 Å². The van der Waals surface area contributed by atoms with Crippen LogP contribution in [0, 0.1) is 5.92 Å². The number of rotatable bonds is 7. The molecule has 0 aliphatic carbocycles. The Morgan fingerprint density at radius 3 is 2.58 bits per heavy atom. The highest BCUT2D eigenvalue weighted by Crippen LogP contribution is 2.19. The number of anilines is 1. The number of carboxylic acid groups (broad SMARTS) is 1. The summed E-state index contributed by atoms with van der Waals surface area (Å²) in [5, 5.41) is 9.23. The molecule has 0 atom stereocenters. The third kappa shape index (κ3) is 4.87. The second kappa shape index (κ2) is 7.09. The lowest BCUT2D eigenvalue weighted by Crippen LogP contribution is -2.35. The number of carbonyl (C=O) groups is 1. The average Bonchev–Trinajstić information content (AvgIpc) is 2.33. The van der Waals surface area contributed by atoms with E-state index in [1.807, 2.05) is 20.2 Å². The Balaban J connectivity index is 2.99. The van der Waals surface area contributed by atoms with Crippen LogP contribution in [-0.4, -0.2) is 54.7 Å². The molecule has 5 nitrogen and oxygen atoms in total. The summed E-state index contributed by atoms with van der Waals surface area (Å²) in [6.07, 6.45) is 1.52. The molecule has 19 heavy (non-hydrogen) atoms. The van der Waals surface area contributed by atoms with Gasteiger partial charge in [0.2, 0.25) is 0 Å². The smallest absolute Gasteiger partial charge is 0.356 e. The van der Waals surface area contributed by atoms with Gasteiger partial charge in [-0.1, -0.05) is 13.8 Å². The Kier molecular flexibility index (Phi) is 5.76. The Labute approximate surface area is 114 Å². The molecule has 1 aromatic rings. The van der Waals surface area contributed by atoms with Crippen LogP contribution in [0.4, 0.5) is 5.69 Å². The van der Waals surface area contributed by atoms with E-state index in [0.717, 1.165) is 19.6 Å². The molecular formula is C14H23N3O2. The van der Waals surface area contributed by atoms with Gasteiger partial charge in [0, 0.05) is 25.8 Å². The summed E-state index contributed by atoms with van der Waals surface area (Å²) in [6, 6.07) is 3.61. The van der Waals surface area contributed by atoms with Crippen LogP contribution in [0.5, 0.6) is 0 Å². The molecule has 0 saturated carbocycles. The molecule has 1 N–H and O–H groups in total. The molecule has 0 saturated heterocycles. The summed E-state index contributed by atoms with van der Waals surface area (Å²) in [5.41, 5.74) is 0.826. The van der Waals surface area contributed by atoms with Crippen molar-refractivity contribution in [1.82, 2.24) is 9.88 Å². The highest BCUT2D eigenvalue weighted by atomic mass is 16.4. The summed E-state index contributed by atoms with van der Waals surface area (Å²) in [6.45, 7) is 6.73. The second-order valence-electron chi connectivity index (χ2n) is 5.32. The number of pyridine rings is 1. The molecule has 0 bridgehead atoms. The molecule has 0 radical (unpaired) electrons. The predicted molar refractivity (Wildman–Crippen MR) is 76.8 cm³/mol. The Morgan fingerprint density at radius 1 is 1.37 bits per heavy atom. The number of hydrogen-bond acceptors (Lipinski definition) is 4. The van der Waals surface area contributed by atoms with E-state index < -0.39 is 5.97 Å². The lowest BCUT2D eigenvalue weighted by Gasteiger charge is -2.28. The highest BCUT2D eigenvalue weighted by molar-refractivity contribution is 5.92. The van der Waals surface area contributed by atoms with Crippen molar-refractivity contribution in [3.05, 3.63) is 24.0 Å². The van der Waals surface area contributed by atoms with Gasteiger partial charge in [-0.25, -0.2) is 9.78 Å². The molecule has 106 valence electrons. The van der Waals surface area contributed by atoms with Crippen LogP contribution >= 0.6 is 0 Å². The van der Waals surface area contributed by atoms with Gasteiger partial charge in [0.1, 0.15) is 0 Å². The third-order valence-electron chi connectivity index (χ3n) is 2.73. The SMILES string of the molecule is CC(C)CN(CCN(C)C)c1cccnc1C(=O)O. The number of aromatic carboxylic acids is 1.